The minimum atomic E-state index is -0.243. The number of nitrogen functional groups attached to an aromatic ring is 1. The summed E-state index contributed by atoms with van der Waals surface area (Å²) in [4.78, 5) is 11.6. The molecule has 0 unspecified atom stereocenters. The number of nitrogens with one attached hydrogen (secondary N) is 1. The van der Waals surface area contributed by atoms with Crippen molar-refractivity contribution in [1.82, 2.24) is 5.32 Å². The SMILES string of the molecule is N#CCCCNC(=O)c1ccc(Cl)cc1N. The van der Waals surface area contributed by atoms with E-state index < -0.39 is 0 Å². The quantitative estimate of drug-likeness (QED) is 0.621. The first-order valence-corrected chi connectivity index (χ1v) is 5.23. The molecule has 0 aromatic heterocycles. The highest BCUT2D eigenvalue weighted by molar-refractivity contribution is 6.31. The molecule has 0 saturated heterocycles. The van der Waals surface area contributed by atoms with Crippen LogP contribution in [0.3, 0.4) is 0 Å². The van der Waals surface area contributed by atoms with Gasteiger partial charge in [-0.1, -0.05) is 11.6 Å². The van der Waals surface area contributed by atoms with Crippen molar-refractivity contribution in [2.45, 2.75) is 12.8 Å². The Morgan fingerprint density at radius 3 is 2.94 bits per heavy atom. The second-order valence-corrected chi connectivity index (χ2v) is 3.69. The minimum absolute atomic E-state index is 0.243. The zero-order chi connectivity index (χ0) is 12.0. The van der Waals surface area contributed by atoms with Gasteiger partial charge in [-0.15, -0.1) is 0 Å². The van der Waals surface area contributed by atoms with Crippen LogP contribution in [0.5, 0.6) is 0 Å². The number of halogens is 1. The maximum Gasteiger partial charge on any atom is 0.253 e. The number of nitriles is 1. The summed E-state index contributed by atoms with van der Waals surface area (Å²) >= 11 is 5.72. The van der Waals surface area contributed by atoms with Gasteiger partial charge >= 0.3 is 0 Å². The Bertz CT molecular complexity index is 426. The van der Waals surface area contributed by atoms with Crippen LogP contribution in [0.25, 0.3) is 0 Å². The predicted molar refractivity (Wildman–Crippen MR) is 63.0 cm³/mol. The Labute approximate surface area is 99.0 Å². The Kier molecular flexibility index (Phi) is 4.62. The zero-order valence-corrected chi connectivity index (χ0v) is 9.42. The van der Waals surface area contributed by atoms with Crippen molar-refractivity contribution in [2.75, 3.05) is 12.3 Å². The van der Waals surface area contributed by atoms with Crippen LogP contribution in [0.4, 0.5) is 5.69 Å². The normalized spacial score (nSPS) is 9.50. The highest BCUT2D eigenvalue weighted by Crippen LogP contribution is 2.17. The number of hydrogen-bond acceptors (Lipinski definition) is 3. The van der Waals surface area contributed by atoms with Crippen molar-refractivity contribution >= 4 is 23.2 Å². The highest BCUT2D eigenvalue weighted by atomic mass is 35.5. The van der Waals surface area contributed by atoms with Crippen LogP contribution < -0.4 is 11.1 Å². The molecule has 3 N–H and O–H groups in total. The minimum Gasteiger partial charge on any atom is -0.398 e. The van der Waals surface area contributed by atoms with E-state index in [2.05, 4.69) is 5.32 Å². The van der Waals surface area contributed by atoms with Crippen LogP contribution >= 0.6 is 11.6 Å². The first kappa shape index (κ1) is 12.3. The molecule has 0 aliphatic heterocycles. The lowest BCUT2D eigenvalue weighted by molar-refractivity contribution is 0.0954. The molecular weight excluding hydrogens is 226 g/mol. The summed E-state index contributed by atoms with van der Waals surface area (Å²) in [5, 5.41) is 11.5. The van der Waals surface area contributed by atoms with Gasteiger partial charge < -0.3 is 11.1 Å². The number of amides is 1. The van der Waals surface area contributed by atoms with E-state index in [1.165, 1.54) is 6.07 Å². The van der Waals surface area contributed by atoms with Gasteiger partial charge in [0, 0.05) is 23.7 Å². The molecule has 16 heavy (non-hydrogen) atoms. The lowest BCUT2D eigenvalue weighted by atomic mass is 10.1. The van der Waals surface area contributed by atoms with Gasteiger partial charge in [0.05, 0.1) is 11.6 Å². The monoisotopic (exact) mass is 237 g/mol. The summed E-state index contributed by atoms with van der Waals surface area (Å²) in [6.45, 7) is 0.467. The number of unbranched alkanes of at least 4 members (excludes halogenated alkanes) is 1. The van der Waals surface area contributed by atoms with Crippen molar-refractivity contribution in [3.63, 3.8) is 0 Å². The number of carbonyl (C=O) groups is 1. The molecular formula is C11H12ClN3O. The molecule has 5 heteroatoms. The summed E-state index contributed by atoms with van der Waals surface area (Å²) in [7, 11) is 0. The van der Waals surface area contributed by atoms with Gasteiger partial charge in [-0.05, 0) is 24.6 Å². The Morgan fingerprint density at radius 2 is 2.31 bits per heavy atom. The van der Waals surface area contributed by atoms with Crippen LogP contribution in [0.1, 0.15) is 23.2 Å². The fourth-order valence-electron chi connectivity index (χ4n) is 1.20. The van der Waals surface area contributed by atoms with Crippen LogP contribution in [0.15, 0.2) is 18.2 Å². The predicted octanol–water partition coefficient (Wildman–Crippen LogP) is 1.96. The summed E-state index contributed by atoms with van der Waals surface area (Å²) in [6, 6.07) is 6.73. The molecule has 0 fully saturated rings. The summed E-state index contributed by atoms with van der Waals surface area (Å²) < 4.78 is 0. The highest BCUT2D eigenvalue weighted by Gasteiger charge is 2.08. The maximum absolute atomic E-state index is 11.6. The Balaban J connectivity index is 2.57. The number of nitrogens with two attached hydrogens (primary N) is 1. The van der Waals surface area contributed by atoms with Crippen molar-refractivity contribution in [3.05, 3.63) is 28.8 Å². The number of anilines is 1. The van der Waals surface area contributed by atoms with Gasteiger partial charge in [0.2, 0.25) is 0 Å². The number of carbonyl (C=O) groups excluding carboxylic acids is 1. The van der Waals surface area contributed by atoms with Gasteiger partial charge in [0.1, 0.15) is 0 Å². The number of rotatable bonds is 4. The molecule has 0 radical (unpaired) electrons. The molecule has 1 rings (SSSR count). The van der Waals surface area contributed by atoms with Crippen molar-refractivity contribution < 1.29 is 4.79 Å². The van der Waals surface area contributed by atoms with Gasteiger partial charge in [0.25, 0.3) is 5.91 Å². The van der Waals surface area contributed by atoms with E-state index in [-0.39, 0.29) is 5.91 Å². The van der Waals surface area contributed by atoms with Crippen LogP contribution in [-0.4, -0.2) is 12.5 Å². The number of hydrogen-bond donors (Lipinski definition) is 2. The topological polar surface area (TPSA) is 78.9 Å². The Morgan fingerprint density at radius 1 is 1.56 bits per heavy atom. The molecule has 84 valence electrons. The fraction of sp³-hybridized carbons (Fsp3) is 0.273. The molecule has 1 aromatic rings. The fourth-order valence-corrected chi connectivity index (χ4v) is 1.39. The lowest BCUT2D eigenvalue weighted by Gasteiger charge is -2.06. The first-order valence-electron chi connectivity index (χ1n) is 4.85. The molecule has 0 bridgehead atoms. The van der Waals surface area contributed by atoms with Crippen LogP contribution in [0.2, 0.25) is 5.02 Å². The zero-order valence-electron chi connectivity index (χ0n) is 8.66. The Hall–Kier alpha value is -1.73. The third-order valence-corrected chi connectivity index (χ3v) is 2.24. The molecule has 0 spiro atoms. The third kappa shape index (κ3) is 3.44. The molecule has 1 amide bonds. The molecule has 0 atom stereocenters. The molecule has 0 heterocycles. The largest absolute Gasteiger partial charge is 0.398 e. The number of benzene rings is 1. The van der Waals surface area contributed by atoms with Crippen molar-refractivity contribution in [3.8, 4) is 6.07 Å². The van der Waals surface area contributed by atoms with Crippen molar-refractivity contribution in [1.29, 1.82) is 5.26 Å². The molecule has 0 aliphatic carbocycles. The van der Waals surface area contributed by atoms with E-state index in [9.17, 15) is 4.79 Å². The summed E-state index contributed by atoms with van der Waals surface area (Å²) in [5.74, 6) is -0.243. The van der Waals surface area contributed by atoms with E-state index in [1.54, 1.807) is 12.1 Å². The van der Waals surface area contributed by atoms with Gasteiger partial charge in [-0.3, -0.25) is 4.79 Å². The van der Waals surface area contributed by atoms with E-state index in [1.807, 2.05) is 6.07 Å². The van der Waals surface area contributed by atoms with Gasteiger partial charge in [0.15, 0.2) is 0 Å². The first-order chi connectivity index (χ1) is 7.65. The molecule has 0 aliphatic rings. The lowest BCUT2D eigenvalue weighted by Crippen LogP contribution is -2.25. The van der Waals surface area contributed by atoms with E-state index in [4.69, 9.17) is 22.6 Å². The van der Waals surface area contributed by atoms with E-state index in [0.29, 0.717) is 35.7 Å². The van der Waals surface area contributed by atoms with Gasteiger partial charge in [-0.25, -0.2) is 0 Å². The van der Waals surface area contributed by atoms with E-state index >= 15 is 0 Å². The molecule has 0 saturated carbocycles. The number of nitrogens with zero attached hydrogens (tertiary/aromatic N) is 1. The molecule has 4 nitrogen and oxygen atoms in total. The second-order valence-electron chi connectivity index (χ2n) is 3.25. The second kappa shape index (κ2) is 5.99. The average molecular weight is 238 g/mol. The summed E-state index contributed by atoms with van der Waals surface area (Å²) in [5.41, 5.74) is 6.41. The molecule has 1 aromatic carbocycles. The average Bonchev–Trinajstić information content (AvgIpc) is 2.24. The maximum atomic E-state index is 11.6. The standard InChI is InChI=1S/C11H12ClN3O/c12-8-3-4-9(10(14)7-8)11(16)15-6-2-1-5-13/h3-4,7H,1-2,6,14H2,(H,15,16). The van der Waals surface area contributed by atoms with E-state index in [0.717, 1.165) is 0 Å². The van der Waals surface area contributed by atoms with Crippen molar-refractivity contribution in [2.24, 2.45) is 0 Å². The summed E-state index contributed by atoms with van der Waals surface area (Å²) in [6.07, 6.45) is 1.06. The van der Waals surface area contributed by atoms with Crippen LogP contribution in [-0.2, 0) is 0 Å². The third-order valence-electron chi connectivity index (χ3n) is 2.01. The van der Waals surface area contributed by atoms with Crippen LogP contribution in [0, 0.1) is 11.3 Å². The smallest absolute Gasteiger partial charge is 0.253 e. The van der Waals surface area contributed by atoms with Gasteiger partial charge in [-0.2, -0.15) is 5.26 Å².